The third-order valence-corrected chi connectivity index (χ3v) is 2.14. The molecule has 96 valence electrons. The third-order valence-electron chi connectivity index (χ3n) is 2.14. The number of methoxy groups -OCH3 is 2. The number of rotatable bonds is 4. The highest BCUT2D eigenvalue weighted by atomic mass is 16.5. The summed E-state index contributed by atoms with van der Waals surface area (Å²) in [5, 5.41) is 0. The van der Waals surface area contributed by atoms with Crippen LogP contribution in [0.15, 0.2) is 6.07 Å². The van der Waals surface area contributed by atoms with Gasteiger partial charge in [-0.05, 0) is 5.41 Å². The lowest BCUT2D eigenvalue weighted by atomic mass is 9.96. The maximum Gasteiger partial charge on any atom is 0.231 e. The normalized spacial score (nSPS) is 11.2. The molecule has 0 unspecified atom stereocenters. The minimum atomic E-state index is 0.175. The second-order valence-electron chi connectivity index (χ2n) is 5.17. The highest BCUT2D eigenvalue weighted by Crippen LogP contribution is 2.22. The van der Waals surface area contributed by atoms with Crippen molar-refractivity contribution in [2.24, 2.45) is 5.41 Å². The van der Waals surface area contributed by atoms with Crippen LogP contribution in [-0.4, -0.2) is 37.8 Å². The monoisotopic (exact) mass is 239 g/mol. The molecule has 5 heteroatoms. The summed E-state index contributed by atoms with van der Waals surface area (Å²) in [6.07, 6.45) is 0. The van der Waals surface area contributed by atoms with E-state index < -0.39 is 0 Å². The molecule has 0 aliphatic carbocycles. The molecular weight excluding hydrogens is 218 g/mol. The smallest absolute Gasteiger partial charge is 0.231 e. The number of ether oxygens (including phenoxy) is 2. The molecule has 5 nitrogen and oxygen atoms in total. The van der Waals surface area contributed by atoms with E-state index in [2.05, 4.69) is 30.7 Å². The molecule has 1 rings (SSSR count). The van der Waals surface area contributed by atoms with E-state index in [1.165, 1.54) is 0 Å². The number of hydrogen-bond acceptors (Lipinski definition) is 5. The minimum absolute atomic E-state index is 0.175. The molecule has 0 aromatic carbocycles. The summed E-state index contributed by atoms with van der Waals surface area (Å²) in [4.78, 5) is 10.6. The van der Waals surface area contributed by atoms with E-state index in [1.807, 2.05) is 11.9 Å². The standard InChI is InChI=1S/C12H21N3O2/c1-12(2,3)8-15(4)11-13-9(16-5)7-10(14-11)17-6/h7H,8H2,1-6H3. The zero-order valence-electron chi connectivity index (χ0n) is 11.4. The molecule has 1 aromatic heterocycles. The van der Waals surface area contributed by atoms with E-state index >= 15 is 0 Å². The summed E-state index contributed by atoms with van der Waals surface area (Å²) in [5.41, 5.74) is 0.175. The van der Waals surface area contributed by atoms with Crippen LogP contribution in [0.4, 0.5) is 5.95 Å². The van der Waals surface area contributed by atoms with Crippen LogP contribution >= 0.6 is 0 Å². The van der Waals surface area contributed by atoms with Crippen molar-refractivity contribution < 1.29 is 9.47 Å². The van der Waals surface area contributed by atoms with Crippen molar-refractivity contribution in [1.29, 1.82) is 0 Å². The Morgan fingerprint density at radius 2 is 1.59 bits per heavy atom. The van der Waals surface area contributed by atoms with Gasteiger partial charge in [-0.3, -0.25) is 0 Å². The van der Waals surface area contributed by atoms with Gasteiger partial charge in [-0.25, -0.2) is 0 Å². The summed E-state index contributed by atoms with van der Waals surface area (Å²) < 4.78 is 10.2. The first-order valence-corrected chi connectivity index (χ1v) is 5.54. The van der Waals surface area contributed by atoms with E-state index in [4.69, 9.17) is 9.47 Å². The summed E-state index contributed by atoms with van der Waals surface area (Å²) >= 11 is 0. The van der Waals surface area contributed by atoms with Gasteiger partial charge >= 0.3 is 0 Å². The second-order valence-corrected chi connectivity index (χ2v) is 5.17. The molecule has 1 heterocycles. The lowest BCUT2D eigenvalue weighted by Crippen LogP contribution is -2.30. The van der Waals surface area contributed by atoms with Crippen molar-refractivity contribution >= 4 is 5.95 Å². The summed E-state index contributed by atoms with van der Waals surface area (Å²) in [7, 11) is 5.12. The Morgan fingerprint density at radius 1 is 1.12 bits per heavy atom. The molecule has 0 aliphatic heterocycles. The van der Waals surface area contributed by atoms with E-state index in [-0.39, 0.29) is 5.41 Å². The van der Waals surface area contributed by atoms with Gasteiger partial charge in [0.1, 0.15) is 0 Å². The Labute approximate surface area is 103 Å². The van der Waals surface area contributed by atoms with Crippen molar-refractivity contribution in [3.63, 3.8) is 0 Å². The van der Waals surface area contributed by atoms with Crippen LogP contribution in [0.1, 0.15) is 20.8 Å². The molecule has 0 amide bonds. The molecule has 0 aliphatic rings. The molecule has 0 spiro atoms. The van der Waals surface area contributed by atoms with Gasteiger partial charge in [0.2, 0.25) is 17.7 Å². The van der Waals surface area contributed by atoms with Crippen LogP contribution in [0, 0.1) is 5.41 Å². The Balaban J connectivity index is 2.96. The van der Waals surface area contributed by atoms with Gasteiger partial charge in [-0.1, -0.05) is 20.8 Å². The molecular formula is C12H21N3O2. The van der Waals surface area contributed by atoms with Crippen molar-refractivity contribution in [2.75, 3.05) is 32.7 Å². The molecule has 0 radical (unpaired) electrons. The molecule has 1 aromatic rings. The predicted molar refractivity (Wildman–Crippen MR) is 67.9 cm³/mol. The van der Waals surface area contributed by atoms with Crippen molar-refractivity contribution in [3.05, 3.63) is 6.07 Å². The Morgan fingerprint density at radius 3 is 1.94 bits per heavy atom. The maximum absolute atomic E-state index is 5.12. The van der Waals surface area contributed by atoms with Crippen LogP contribution < -0.4 is 14.4 Å². The van der Waals surface area contributed by atoms with Gasteiger partial charge in [-0.2, -0.15) is 9.97 Å². The Hall–Kier alpha value is -1.52. The van der Waals surface area contributed by atoms with Crippen LogP contribution in [0.25, 0.3) is 0 Å². The lowest BCUT2D eigenvalue weighted by Gasteiger charge is -2.26. The number of nitrogens with zero attached hydrogens (tertiary/aromatic N) is 3. The average molecular weight is 239 g/mol. The lowest BCUT2D eigenvalue weighted by molar-refractivity contribution is 0.368. The SMILES string of the molecule is COc1cc(OC)nc(N(C)CC(C)(C)C)n1. The summed E-state index contributed by atoms with van der Waals surface area (Å²) in [6.45, 7) is 7.35. The highest BCUT2D eigenvalue weighted by Gasteiger charge is 2.17. The van der Waals surface area contributed by atoms with Crippen LogP contribution in [0.5, 0.6) is 11.8 Å². The zero-order chi connectivity index (χ0) is 13.1. The molecule has 0 bridgehead atoms. The van der Waals surface area contributed by atoms with E-state index in [9.17, 15) is 0 Å². The predicted octanol–water partition coefficient (Wildman–Crippen LogP) is 1.98. The highest BCUT2D eigenvalue weighted by molar-refractivity contribution is 5.36. The third kappa shape index (κ3) is 4.09. The zero-order valence-corrected chi connectivity index (χ0v) is 11.4. The maximum atomic E-state index is 5.12. The van der Waals surface area contributed by atoms with Gasteiger partial charge in [0.05, 0.1) is 20.3 Å². The fourth-order valence-corrected chi connectivity index (χ4v) is 1.55. The van der Waals surface area contributed by atoms with Crippen molar-refractivity contribution in [1.82, 2.24) is 9.97 Å². The summed E-state index contributed by atoms with van der Waals surface area (Å²) in [5.74, 6) is 1.62. The van der Waals surface area contributed by atoms with E-state index in [0.29, 0.717) is 17.7 Å². The first kappa shape index (κ1) is 13.5. The van der Waals surface area contributed by atoms with Crippen LogP contribution in [0.2, 0.25) is 0 Å². The Kier molecular flexibility index (Phi) is 4.15. The minimum Gasteiger partial charge on any atom is -0.481 e. The van der Waals surface area contributed by atoms with Gasteiger partial charge in [0, 0.05) is 13.6 Å². The van der Waals surface area contributed by atoms with Gasteiger partial charge in [-0.15, -0.1) is 0 Å². The van der Waals surface area contributed by atoms with Gasteiger partial charge in [0.15, 0.2) is 0 Å². The van der Waals surface area contributed by atoms with E-state index in [0.717, 1.165) is 6.54 Å². The fraction of sp³-hybridized carbons (Fsp3) is 0.667. The van der Waals surface area contributed by atoms with Crippen molar-refractivity contribution in [2.45, 2.75) is 20.8 Å². The largest absolute Gasteiger partial charge is 0.481 e. The molecule has 0 fully saturated rings. The van der Waals surface area contributed by atoms with Gasteiger partial charge < -0.3 is 14.4 Å². The molecule has 17 heavy (non-hydrogen) atoms. The van der Waals surface area contributed by atoms with Gasteiger partial charge in [0.25, 0.3) is 0 Å². The number of hydrogen-bond donors (Lipinski definition) is 0. The molecule has 0 saturated heterocycles. The van der Waals surface area contributed by atoms with Crippen molar-refractivity contribution in [3.8, 4) is 11.8 Å². The quantitative estimate of drug-likeness (QED) is 0.804. The number of aromatic nitrogens is 2. The number of anilines is 1. The van der Waals surface area contributed by atoms with Crippen LogP contribution in [0.3, 0.4) is 0 Å². The Bertz CT molecular complexity index is 352. The van der Waals surface area contributed by atoms with E-state index in [1.54, 1.807) is 20.3 Å². The average Bonchev–Trinajstić information content (AvgIpc) is 2.26. The first-order valence-electron chi connectivity index (χ1n) is 5.54. The van der Waals surface area contributed by atoms with Crippen LogP contribution in [-0.2, 0) is 0 Å². The fourth-order valence-electron chi connectivity index (χ4n) is 1.55. The summed E-state index contributed by atoms with van der Waals surface area (Å²) in [6, 6.07) is 1.66. The second kappa shape index (κ2) is 5.21. The molecule has 0 N–H and O–H groups in total. The molecule has 0 saturated carbocycles. The topological polar surface area (TPSA) is 47.5 Å². The molecule has 0 atom stereocenters. The first-order chi connectivity index (χ1) is 7.85.